The van der Waals surface area contributed by atoms with Gasteiger partial charge in [0.05, 0.1) is 5.56 Å². The third-order valence-corrected chi connectivity index (χ3v) is 6.26. The summed E-state index contributed by atoms with van der Waals surface area (Å²) in [6.45, 7) is 11.4. The summed E-state index contributed by atoms with van der Waals surface area (Å²) in [5.41, 5.74) is 4.10. The molecule has 1 saturated heterocycles. The van der Waals surface area contributed by atoms with E-state index in [1.165, 1.54) is 11.1 Å². The van der Waals surface area contributed by atoms with Crippen molar-refractivity contribution in [2.45, 2.75) is 72.6 Å². The Morgan fingerprint density at radius 2 is 1.75 bits per heavy atom. The van der Waals surface area contributed by atoms with E-state index in [1.807, 2.05) is 4.90 Å². The number of hydrogen-bond donors (Lipinski definition) is 2. The van der Waals surface area contributed by atoms with Gasteiger partial charge in [-0.05, 0) is 71.6 Å². The molecule has 0 aliphatic carbocycles. The maximum absolute atomic E-state index is 13.4. The Bertz CT molecular complexity index is 830. The summed E-state index contributed by atoms with van der Waals surface area (Å²) >= 11 is 0. The third kappa shape index (κ3) is 7.40. The number of unbranched alkanes of at least 4 members (excludes halogenated alkanes) is 2. The van der Waals surface area contributed by atoms with E-state index >= 15 is 0 Å². The Hall–Kier alpha value is -2.27. The number of likely N-dealkylation sites (N-methyl/N-ethyl adjacent to an activating group) is 1. The van der Waals surface area contributed by atoms with Crippen LogP contribution in [0.3, 0.4) is 0 Å². The molecule has 1 aliphatic heterocycles. The SMILES string of the molecule is CCCCCc1cc(O)c(C/C=C(\C)CCC=C(C)C)c(O)c1C(=O)N1CCN(C)CC1. The van der Waals surface area contributed by atoms with Crippen molar-refractivity contribution in [2.75, 3.05) is 33.2 Å². The molecule has 32 heavy (non-hydrogen) atoms. The van der Waals surface area contributed by atoms with E-state index < -0.39 is 0 Å². The largest absolute Gasteiger partial charge is 0.508 e. The number of amides is 1. The van der Waals surface area contributed by atoms with Gasteiger partial charge in [-0.2, -0.15) is 0 Å². The molecule has 0 atom stereocenters. The number of phenolic OH excluding ortho intramolecular Hbond substituents is 2. The highest BCUT2D eigenvalue weighted by Crippen LogP contribution is 2.36. The molecule has 1 fully saturated rings. The molecule has 0 bridgehead atoms. The number of aryl methyl sites for hydroxylation is 1. The Morgan fingerprint density at radius 1 is 1.06 bits per heavy atom. The summed E-state index contributed by atoms with van der Waals surface area (Å²) in [5, 5.41) is 21.9. The van der Waals surface area contributed by atoms with Crippen molar-refractivity contribution < 1.29 is 15.0 Å². The molecule has 178 valence electrons. The van der Waals surface area contributed by atoms with Gasteiger partial charge in [0.1, 0.15) is 11.5 Å². The number of nitrogens with zero attached hydrogens (tertiary/aromatic N) is 2. The molecular formula is C27H42N2O3. The number of benzene rings is 1. The van der Waals surface area contributed by atoms with Gasteiger partial charge in [0.2, 0.25) is 0 Å². The van der Waals surface area contributed by atoms with Crippen LogP contribution in [0.5, 0.6) is 11.5 Å². The van der Waals surface area contributed by atoms with Crippen LogP contribution in [0.1, 0.15) is 81.3 Å². The van der Waals surface area contributed by atoms with Crippen molar-refractivity contribution in [3.8, 4) is 11.5 Å². The first-order valence-electron chi connectivity index (χ1n) is 12.1. The van der Waals surface area contributed by atoms with Crippen LogP contribution in [-0.2, 0) is 12.8 Å². The lowest BCUT2D eigenvalue weighted by Gasteiger charge is -2.33. The fraction of sp³-hybridized carbons (Fsp3) is 0.593. The van der Waals surface area contributed by atoms with Crippen LogP contribution < -0.4 is 0 Å². The second-order valence-electron chi connectivity index (χ2n) is 9.38. The first kappa shape index (κ1) is 26.0. The molecule has 5 heteroatoms. The zero-order valence-corrected chi connectivity index (χ0v) is 20.7. The first-order valence-corrected chi connectivity index (χ1v) is 12.1. The summed E-state index contributed by atoms with van der Waals surface area (Å²) in [5.74, 6) is -0.0846. The van der Waals surface area contributed by atoms with E-state index in [0.29, 0.717) is 37.1 Å². The minimum absolute atomic E-state index is 0.0474. The quantitative estimate of drug-likeness (QED) is 0.373. The van der Waals surface area contributed by atoms with E-state index in [2.05, 4.69) is 51.8 Å². The zero-order valence-electron chi connectivity index (χ0n) is 20.7. The lowest BCUT2D eigenvalue weighted by molar-refractivity contribution is 0.0659. The normalized spacial score (nSPS) is 15.2. The highest BCUT2D eigenvalue weighted by Gasteiger charge is 2.27. The van der Waals surface area contributed by atoms with Crippen molar-refractivity contribution in [3.05, 3.63) is 46.1 Å². The van der Waals surface area contributed by atoms with Crippen LogP contribution in [0.4, 0.5) is 0 Å². The minimum Gasteiger partial charge on any atom is -0.508 e. The number of allylic oxidation sites excluding steroid dienone is 4. The van der Waals surface area contributed by atoms with Crippen LogP contribution in [0.25, 0.3) is 0 Å². The monoisotopic (exact) mass is 442 g/mol. The summed E-state index contributed by atoms with van der Waals surface area (Å²) in [6.07, 6.45) is 10.3. The molecule has 0 unspecified atom stereocenters. The number of carbonyl (C=O) groups is 1. The van der Waals surface area contributed by atoms with E-state index in [-0.39, 0.29) is 17.4 Å². The predicted molar refractivity (Wildman–Crippen MR) is 133 cm³/mol. The van der Waals surface area contributed by atoms with Crippen LogP contribution >= 0.6 is 0 Å². The van der Waals surface area contributed by atoms with Gasteiger partial charge in [-0.15, -0.1) is 0 Å². The molecule has 1 heterocycles. The number of carbonyl (C=O) groups excluding carboxylic acids is 1. The topological polar surface area (TPSA) is 64.0 Å². The Morgan fingerprint density at radius 3 is 2.38 bits per heavy atom. The highest BCUT2D eigenvalue weighted by atomic mass is 16.3. The molecule has 1 amide bonds. The molecule has 0 radical (unpaired) electrons. The molecule has 2 rings (SSSR count). The lowest BCUT2D eigenvalue weighted by Crippen LogP contribution is -2.47. The number of aromatic hydroxyl groups is 2. The maximum Gasteiger partial charge on any atom is 0.257 e. The van der Waals surface area contributed by atoms with E-state index in [1.54, 1.807) is 6.07 Å². The number of phenols is 2. The Kier molecular flexibility index (Phi) is 10.3. The Balaban J connectivity index is 2.31. The minimum atomic E-state index is -0.118. The molecule has 1 aliphatic rings. The van der Waals surface area contributed by atoms with Gasteiger partial charge >= 0.3 is 0 Å². The molecule has 5 nitrogen and oxygen atoms in total. The van der Waals surface area contributed by atoms with Crippen LogP contribution in [0.15, 0.2) is 29.4 Å². The van der Waals surface area contributed by atoms with Crippen molar-refractivity contribution in [3.63, 3.8) is 0 Å². The standard InChI is InChI=1S/C27H42N2O3/c1-6-7-8-12-22-19-24(30)23(14-13-21(4)11-9-10-20(2)3)26(31)25(22)27(32)29-17-15-28(5)16-18-29/h10,13,19,30-31H,6-9,11-12,14-18H2,1-5H3/b21-13+. The van der Waals surface area contributed by atoms with Crippen LogP contribution in [-0.4, -0.2) is 59.1 Å². The molecule has 0 spiro atoms. The first-order chi connectivity index (χ1) is 15.2. The van der Waals surface area contributed by atoms with Gasteiger partial charge < -0.3 is 20.0 Å². The van der Waals surface area contributed by atoms with Gasteiger partial charge in [0, 0.05) is 31.7 Å². The van der Waals surface area contributed by atoms with Crippen LogP contribution in [0, 0.1) is 0 Å². The molecule has 0 saturated carbocycles. The molecular weight excluding hydrogens is 400 g/mol. The second-order valence-corrected chi connectivity index (χ2v) is 9.38. The van der Waals surface area contributed by atoms with E-state index in [4.69, 9.17) is 0 Å². The van der Waals surface area contributed by atoms with Gasteiger partial charge in [-0.3, -0.25) is 4.79 Å². The van der Waals surface area contributed by atoms with Gasteiger partial charge in [-0.25, -0.2) is 0 Å². The Labute approximate surface area is 194 Å². The molecule has 2 N–H and O–H groups in total. The number of piperazine rings is 1. The molecule has 1 aromatic rings. The fourth-order valence-corrected chi connectivity index (χ4v) is 4.09. The third-order valence-electron chi connectivity index (χ3n) is 6.26. The van der Waals surface area contributed by atoms with E-state index in [9.17, 15) is 15.0 Å². The predicted octanol–water partition coefficient (Wildman–Crippen LogP) is 5.45. The highest BCUT2D eigenvalue weighted by molar-refractivity contribution is 5.99. The summed E-state index contributed by atoms with van der Waals surface area (Å²) < 4.78 is 0. The number of hydrogen-bond acceptors (Lipinski definition) is 4. The van der Waals surface area contributed by atoms with Crippen molar-refractivity contribution in [1.82, 2.24) is 9.80 Å². The van der Waals surface area contributed by atoms with Gasteiger partial charge in [0.15, 0.2) is 0 Å². The summed E-state index contributed by atoms with van der Waals surface area (Å²) in [6, 6.07) is 1.71. The second kappa shape index (κ2) is 12.7. The molecule has 1 aromatic carbocycles. The maximum atomic E-state index is 13.4. The zero-order chi connectivity index (χ0) is 23.7. The lowest BCUT2D eigenvalue weighted by atomic mass is 9.93. The van der Waals surface area contributed by atoms with Crippen LogP contribution in [0.2, 0.25) is 0 Å². The smallest absolute Gasteiger partial charge is 0.257 e. The summed E-state index contributed by atoms with van der Waals surface area (Å²) in [4.78, 5) is 17.5. The van der Waals surface area contributed by atoms with Crippen molar-refractivity contribution in [1.29, 1.82) is 0 Å². The van der Waals surface area contributed by atoms with Gasteiger partial charge in [0.25, 0.3) is 5.91 Å². The van der Waals surface area contributed by atoms with E-state index in [0.717, 1.165) is 50.8 Å². The van der Waals surface area contributed by atoms with Gasteiger partial charge in [-0.1, -0.05) is 43.1 Å². The fourth-order valence-electron chi connectivity index (χ4n) is 4.09. The van der Waals surface area contributed by atoms with Crippen molar-refractivity contribution >= 4 is 5.91 Å². The summed E-state index contributed by atoms with van der Waals surface area (Å²) in [7, 11) is 2.06. The molecule has 0 aromatic heterocycles. The average Bonchev–Trinajstić information content (AvgIpc) is 2.73. The number of rotatable bonds is 10. The van der Waals surface area contributed by atoms with Crippen molar-refractivity contribution in [2.24, 2.45) is 0 Å². The average molecular weight is 443 g/mol.